The Bertz CT molecular complexity index is 1010. The molecule has 0 unspecified atom stereocenters. The molecule has 0 atom stereocenters. The molecule has 1 aromatic carbocycles. The number of nitrogens with zero attached hydrogens (tertiary/aromatic N) is 4. The van der Waals surface area contributed by atoms with Gasteiger partial charge in [0.1, 0.15) is 5.69 Å². The highest BCUT2D eigenvalue weighted by atomic mass is 32.1. The Balaban J connectivity index is 1.71. The zero-order valence-electron chi connectivity index (χ0n) is 14.9. The smallest absolute Gasteiger partial charge is 0.206 e. The van der Waals surface area contributed by atoms with Crippen molar-refractivity contribution in [2.24, 2.45) is 10.1 Å². The maximum Gasteiger partial charge on any atom is 0.206 e. The molecule has 136 valence electrons. The van der Waals surface area contributed by atoms with Crippen LogP contribution in [0.25, 0.3) is 11.5 Å². The molecule has 0 amide bonds. The lowest BCUT2D eigenvalue weighted by Gasteiger charge is -2.16. The first-order valence-electron chi connectivity index (χ1n) is 9.16. The van der Waals surface area contributed by atoms with E-state index in [1.54, 1.807) is 35.9 Å². The van der Waals surface area contributed by atoms with Crippen LogP contribution >= 0.6 is 11.3 Å². The van der Waals surface area contributed by atoms with Gasteiger partial charge in [0.05, 0.1) is 30.2 Å². The van der Waals surface area contributed by atoms with Crippen molar-refractivity contribution in [2.45, 2.75) is 38.1 Å². The molecule has 0 spiro atoms. The molecule has 2 heterocycles. The van der Waals surface area contributed by atoms with Crippen LogP contribution in [0, 0.1) is 11.3 Å². The van der Waals surface area contributed by atoms with E-state index in [-0.39, 0.29) is 0 Å². The summed E-state index contributed by atoms with van der Waals surface area (Å²) in [6.45, 7) is 0. The molecule has 6 heteroatoms. The van der Waals surface area contributed by atoms with E-state index in [0.717, 1.165) is 34.7 Å². The summed E-state index contributed by atoms with van der Waals surface area (Å²) < 4.78 is 7.44. The highest BCUT2D eigenvalue weighted by molar-refractivity contribution is 7.07. The average molecular weight is 376 g/mol. The van der Waals surface area contributed by atoms with E-state index in [2.05, 4.69) is 11.2 Å². The van der Waals surface area contributed by atoms with Crippen LogP contribution in [0.5, 0.6) is 0 Å². The van der Waals surface area contributed by atoms with E-state index < -0.39 is 0 Å². The van der Waals surface area contributed by atoms with Crippen LogP contribution in [0.15, 0.2) is 62.6 Å². The van der Waals surface area contributed by atoms with Crippen LogP contribution in [0.1, 0.15) is 43.2 Å². The molecule has 3 aromatic rings. The van der Waals surface area contributed by atoms with Crippen molar-refractivity contribution in [3.63, 3.8) is 0 Å². The first kappa shape index (κ1) is 17.5. The summed E-state index contributed by atoms with van der Waals surface area (Å²) in [5.41, 5.74) is 2.46. The maximum absolute atomic E-state index is 8.93. The number of furan rings is 1. The quantitative estimate of drug-likeness (QED) is 0.614. The molecule has 5 nitrogen and oxygen atoms in total. The molecule has 1 fully saturated rings. The molecule has 0 saturated heterocycles. The topological polar surface area (TPSA) is 66.6 Å². The van der Waals surface area contributed by atoms with Gasteiger partial charge < -0.3 is 4.42 Å². The van der Waals surface area contributed by atoms with E-state index >= 15 is 0 Å². The number of benzene rings is 1. The molecular weight excluding hydrogens is 356 g/mol. The summed E-state index contributed by atoms with van der Waals surface area (Å²) in [6.07, 6.45) is 9.56. The predicted octanol–water partition coefficient (Wildman–Crippen LogP) is 4.80. The number of hydrogen-bond donors (Lipinski definition) is 0. The number of nitriles is 1. The second-order valence-corrected chi connectivity index (χ2v) is 7.43. The fourth-order valence-corrected chi connectivity index (χ4v) is 4.12. The number of rotatable bonds is 4. The minimum absolute atomic E-state index is 0.373. The average Bonchev–Trinajstić information content (AvgIpc) is 3.37. The highest BCUT2D eigenvalue weighted by Crippen LogP contribution is 2.22. The molecular formula is C21H20N4OS. The molecule has 27 heavy (non-hydrogen) atoms. The SMILES string of the molecule is N#Cc1ccc(/C=N\n2c(-c3ccco3)csc2=NC2CCCCC2)cc1. The molecule has 0 N–H and O–H groups in total. The van der Waals surface area contributed by atoms with Gasteiger partial charge in [0.25, 0.3) is 0 Å². The van der Waals surface area contributed by atoms with Gasteiger partial charge in [-0.15, -0.1) is 11.3 Å². The third-order valence-electron chi connectivity index (χ3n) is 4.69. The zero-order chi connectivity index (χ0) is 18.5. The lowest BCUT2D eigenvalue weighted by molar-refractivity contribution is 0.435. The van der Waals surface area contributed by atoms with Crippen LogP contribution < -0.4 is 4.80 Å². The number of aromatic nitrogens is 1. The van der Waals surface area contributed by atoms with Crippen molar-refractivity contribution in [3.05, 3.63) is 64.0 Å². The lowest BCUT2D eigenvalue weighted by atomic mass is 9.96. The van der Waals surface area contributed by atoms with Crippen LogP contribution in [0.4, 0.5) is 0 Å². The van der Waals surface area contributed by atoms with Crippen molar-refractivity contribution in [1.82, 2.24) is 4.68 Å². The number of hydrogen-bond acceptors (Lipinski definition) is 5. The van der Waals surface area contributed by atoms with Gasteiger partial charge in [0.2, 0.25) is 4.80 Å². The van der Waals surface area contributed by atoms with Gasteiger partial charge in [0.15, 0.2) is 5.76 Å². The van der Waals surface area contributed by atoms with Crippen LogP contribution in [0.2, 0.25) is 0 Å². The summed E-state index contributed by atoms with van der Waals surface area (Å²) in [7, 11) is 0. The summed E-state index contributed by atoms with van der Waals surface area (Å²) in [5.74, 6) is 0.772. The third-order valence-corrected chi connectivity index (χ3v) is 5.52. The normalized spacial score (nSPS) is 16.0. The summed E-state index contributed by atoms with van der Waals surface area (Å²) in [4.78, 5) is 5.86. The largest absolute Gasteiger partial charge is 0.463 e. The molecule has 1 aliphatic carbocycles. The second kappa shape index (κ2) is 8.19. The summed E-state index contributed by atoms with van der Waals surface area (Å²) in [5, 5.41) is 15.7. The van der Waals surface area contributed by atoms with Crippen LogP contribution in [-0.2, 0) is 0 Å². The maximum atomic E-state index is 8.93. The van der Waals surface area contributed by atoms with E-state index in [4.69, 9.17) is 14.7 Å². The molecule has 0 radical (unpaired) electrons. The van der Waals surface area contributed by atoms with E-state index in [9.17, 15) is 0 Å². The van der Waals surface area contributed by atoms with E-state index in [0.29, 0.717) is 11.6 Å². The first-order chi connectivity index (χ1) is 13.3. The molecule has 0 bridgehead atoms. The molecule has 0 aliphatic heterocycles. The monoisotopic (exact) mass is 376 g/mol. The van der Waals surface area contributed by atoms with Crippen molar-refractivity contribution in [2.75, 3.05) is 0 Å². The molecule has 1 aliphatic rings. The summed E-state index contributed by atoms with van der Waals surface area (Å²) >= 11 is 1.59. The van der Waals surface area contributed by atoms with Gasteiger partial charge >= 0.3 is 0 Å². The van der Waals surface area contributed by atoms with Crippen molar-refractivity contribution >= 4 is 17.6 Å². The lowest BCUT2D eigenvalue weighted by Crippen LogP contribution is -2.18. The van der Waals surface area contributed by atoms with Crippen molar-refractivity contribution < 1.29 is 4.42 Å². The Kier molecular flexibility index (Phi) is 5.31. The minimum Gasteiger partial charge on any atom is -0.463 e. The van der Waals surface area contributed by atoms with Gasteiger partial charge in [0, 0.05) is 5.38 Å². The van der Waals surface area contributed by atoms with Crippen LogP contribution in [0.3, 0.4) is 0 Å². The Labute approximate surface area is 161 Å². The van der Waals surface area contributed by atoms with Gasteiger partial charge in [-0.3, -0.25) is 4.99 Å². The van der Waals surface area contributed by atoms with Gasteiger partial charge in [-0.05, 0) is 42.7 Å². The molecule has 1 saturated carbocycles. The van der Waals surface area contributed by atoms with Gasteiger partial charge in [-0.25, -0.2) is 4.68 Å². The fourth-order valence-electron chi connectivity index (χ4n) is 3.23. The third kappa shape index (κ3) is 4.09. The Morgan fingerprint density at radius 2 is 1.96 bits per heavy atom. The Morgan fingerprint density at radius 3 is 2.67 bits per heavy atom. The van der Waals surface area contributed by atoms with E-state index in [1.807, 2.05) is 34.3 Å². The van der Waals surface area contributed by atoms with Crippen molar-refractivity contribution in [3.8, 4) is 17.5 Å². The standard InChI is InChI=1S/C21H20N4OS/c22-13-16-8-10-17(11-9-16)14-23-25-19(20-7-4-12-26-20)15-27-21(25)24-18-5-2-1-3-6-18/h4,7-12,14-15,18H,1-3,5-6H2/b23-14-,24-21?. The van der Waals surface area contributed by atoms with Crippen LogP contribution in [-0.4, -0.2) is 16.9 Å². The first-order valence-corrected chi connectivity index (χ1v) is 10.0. The zero-order valence-corrected chi connectivity index (χ0v) is 15.7. The van der Waals surface area contributed by atoms with E-state index in [1.165, 1.54) is 19.3 Å². The molecule has 2 aromatic heterocycles. The van der Waals surface area contributed by atoms with Gasteiger partial charge in [-0.2, -0.15) is 10.4 Å². The highest BCUT2D eigenvalue weighted by Gasteiger charge is 2.14. The predicted molar refractivity (Wildman–Crippen MR) is 107 cm³/mol. The molecule has 4 rings (SSSR count). The van der Waals surface area contributed by atoms with Crippen molar-refractivity contribution in [1.29, 1.82) is 5.26 Å². The second-order valence-electron chi connectivity index (χ2n) is 6.59. The number of thiazole rings is 1. The Morgan fingerprint density at radius 1 is 1.15 bits per heavy atom. The summed E-state index contributed by atoms with van der Waals surface area (Å²) in [6, 6.07) is 13.7. The minimum atomic E-state index is 0.373. The fraction of sp³-hybridized carbons (Fsp3) is 0.286. The Hall–Kier alpha value is -2.91. The van der Waals surface area contributed by atoms with Gasteiger partial charge in [-0.1, -0.05) is 31.4 Å².